The van der Waals surface area contributed by atoms with Gasteiger partial charge in [0.1, 0.15) is 5.76 Å². The molecule has 1 N–H and O–H groups in total. The molecule has 120 valence electrons. The van der Waals surface area contributed by atoms with E-state index in [1.807, 2.05) is 26.0 Å². The molecule has 5 heteroatoms. The first kappa shape index (κ1) is 16.8. The lowest BCUT2D eigenvalue weighted by Gasteiger charge is -2.22. The number of benzene rings is 1. The Hall–Kier alpha value is -1.59. The third kappa shape index (κ3) is 3.59. The van der Waals surface area contributed by atoms with Crippen molar-refractivity contribution in [3.05, 3.63) is 53.0 Å². The van der Waals surface area contributed by atoms with Gasteiger partial charge in [0.05, 0.1) is 17.7 Å². The van der Waals surface area contributed by atoms with E-state index in [0.29, 0.717) is 10.7 Å². The molecule has 1 heterocycles. The highest BCUT2D eigenvalue weighted by atomic mass is 32.2. The third-order valence-corrected chi connectivity index (χ3v) is 5.32. The van der Waals surface area contributed by atoms with Crippen molar-refractivity contribution < 1.29 is 12.8 Å². The molecule has 2 aromatic rings. The second kappa shape index (κ2) is 5.89. The van der Waals surface area contributed by atoms with Crippen LogP contribution in [0.2, 0.25) is 0 Å². The van der Waals surface area contributed by atoms with E-state index in [2.05, 4.69) is 25.5 Å². The molecule has 4 nitrogen and oxygen atoms in total. The van der Waals surface area contributed by atoms with Crippen molar-refractivity contribution in [2.45, 2.75) is 51.5 Å². The number of hydrogen-bond acceptors (Lipinski definition) is 3. The number of aryl methyl sites for hydroxylation is 2. The smallest absolute Gasteiger partial charge is 0.241 e. The molecule has 0 aliphatic carbocycles. The van der Waals surface area contributed by atoms with Gasteiger partial charge in [-0.1, -0.05) is 32.9 Å². The first-order valence-corrected chi connectivity index (χ1v) is 8.73. The van der Waals surface area contributed by atoms with Crippen molar-refractivity contribution in [2.24, 2.45) is 0 Å². The molecule has 0 fully saturated rings. The van der Waals surface area contributed by atoms with Crippen molar-refractivity contribution in [3.63, 3.8) is 0 Å². The van der Waals surface area contributed by atoms with Gasteiger partial charge in [0.25, 0.3) is 0 Å². The van der Waals surface area contributed by atoms with Crippen LogP contribution in [0.4, 0.5) is 0 Å². The predicted octanol–water partition coefficient (Wildman–Crippen LogP) is 3.67. The maximum atomic E-state index is 12.6. The summed E-state index contributed by atoms with van der Waals surface area (Å²) in [5, 5.41) is 0. The largest absolute Gasteiger partial charge is 0.468 e. The van der Waals surface area contributed by atoms with Gasteiger partial charge in [0.15, 0.2) is 0 Å². The van der Waals surface area contributed by atoms with Crippen LogP contribution in [0.25, 0.3) is 0 Å². The molecule has 0 spiro atoms. The summed E-state index contributed by atoms with van der Waals surface area (Å²) in [5.74, 6) is 0.588. The highest BCUT2D eigenvalue weighted by molar-refractivity contribution is 7.89. The van der Waals surface area contributed by atoms with Crippen LogP contribution in [0, 0.1) is 13.8 Å². The van der Waals surface area contributed by atoms with E-state index in [1.165, 1.54) is 6.26 Å². The Bertz CT molecular complexity index is 731. The summed E-state index contributed by atoms with van der Waals surface area (Å²) < 4.78 is 32.9. The van der Waals surface area contributed by atoms with Gasteiger partial charge in [0.2, 0.25) is 10.0 Å². The minimum absolute atomic E-state index is 0.0145. The van der Waals surface area contributed by atoms with Crippen molar-refractivity contribution in [2.75, 3.05) is 0 Å². The number of furan rings is 1. The Morgan fingerprint density at radius 2 is 1.73 bits per heavy atom. The van der Waals surface area contributed by atoms with Gasteiger partial charge in [0, 0.05) is 0 Å². The second-order valence-corrected chi connectivity index (χ2v) is 8.30. The number of sulfonamides is 1. The monoisotopic (exact) mass is 321 g/mol. The van der Waals surface area contributed by atoms with E-state index < -0.39 is 10.0 Å². The molecule has 0 amide bonds. The van der Waals surface area contributed by atoms with Crippen molar-refractivity contribution >= 4 is 10.0 Å². The van der Waals surface area contributed by atoms with Crippen molar-refractivity contribution in [3.8, 4) is 0 Å². The van der Waals surface area contributed by atoms with Crippen LogP contribution in [0.1, 0.15) is 43.2 Å². The van der Waals surface area contributed by atoms with E-state index in [0.717, 1.165) is 16.7 Å². The lowest BCUT2D eigenvalue weighted by atomic mass is 9.85. The summed E-state index contributed by atoms with van der Waals surface area (Å²) in [6.45, 7) is 10.2. The Morgan fingerprint density at radius 3 is 2.18 bits per heavy atom. The standard InChI is InChI=1S/C17H23NO3S/c1-12-9-14(17(3,4)5)10-13(2)16(12)22(19,20)18-11-15-7-6-8-21-15/h6-10,18H,11H2,1-5H3. The molecule has 0 bridgehead atoms. The average molecular weight is 321 g/mol. The molecule has 0 aliphatic heterocycles. The maximum Gasteiger partial charge on any atom is 0.241 e. The molecule has 0 aliphatic rings. The molecule has 1 aromatic carbocycles. The van der Waals surface area contributed by atoms with Crippen LogP contribution in [0.5, 0.6) is 0 Å². The molecule has 22 heavy (non-hydrogen) atoms. The summed E-state index contributed by atoms with van der Waals surface area (Å²) in [5.41, 5.74) is 2.64. The highest BCUT2D eigenvalue weighted by Crippen LogP contribution is 2.29. The van der Waals surface area contributed by atoms with Crippen molar-refractivity contribution in [1.82, 2.24) is 4.72 Å². The molecule has 1 aromatic heterocycles. The molecule has 0 atom stereocenters. The van der Waals surface area contributed by atoms with Crippen LogP contribution >= 0.6 is 0 Å². The first-order chi connectivity index (χ1) is 10.1. The van der Waals surface area contributed by atoms with Crippen LogP contribution < -0.4 is 4.72 Å². The van der Waals surface area contributed by atoms with E-state index >= 15 is 0 Å². The fourth-order valence-corrected chi connectivity index (χ4v) is 3.90. The Kier molecular flexibility index (Phi) is 4.49. The maximum absolute atomic E-state index is 12.6. The van der Waals surface area contributed by atoms with E-state index in [1.54, 1.807) is 12.1 Å². The van der Waals surface area contributed by atoms with Crippen molar-refractivity contribution in [1.29, 1.82) is 0 Å². The van der Waals surface area contributed by atoms with E-state index in [9.17, 15) is 8.42 Å². The molecule has 0 saturated carbocycles. The quantitative estimate of drug-likeness (QED) is 0.934. The second-order valence-electron chi connectivity index (χ2n) is 6.59. The minimum atomic E-state index is -3.57. The Labute approximate surface area is 132 Å². The lowest BCUT2D eigenvalue weighted by Crippen LogP contribution is -2.25. The molecule has 0 radical (unpaired) electrons. The summed E-state index contributed by atoms with van der Waals surface area (Å²) in [4.78, 5) is 0.354. The molecular weight excluding hydrogens is 298 g/mol. The van der Waals surface area contributed by atoms with Crippen LogP contribution in [-0.2, 0) is 22.0 Å². The Morgan fingerprint density at radius 1 is 1.14 bits per heavy atom. The van der Waals surface area contributed by atoms with Crippen LogP contribution in [0.15, 0.2) is 39.8 Å². The first-order valence-electron chi connectivity index (χ1n) is 7.25. The summed E-state index contributed by atoms with van der Waals surface area (Å²) in [6.07, 6.45) is 1.53. The minimum Gasteiger partial charge on any atom is -0.468 e. The SMILES string of the molecule is Cc1cc(C(C)(C)C)cc(C)c1S(=O)(=O)NCc1ccco1. The number of hydrogen-bond donors (Lipinski definition) is 1. The van der Waals surface area contributed by atoms with Gasteiger partial charge in [-0.2, -0.15) is 0 Å². The fourth-order valence-electron chi connectivity index (χ4n) is 2.46. The summed E-state index contributed by atoms with van der Waals surface area (Å²) in [7, 11) is -3.57. The topological polar surface area (TPSA) is 59.3 Å². The van der Waals surface area contributed by atoms with Crippen LogP contribution in [-0.4, -0.2) is 8.42 Å². The predicted molar refractivity (Wildman–Crippen MR) is 87.3 cm³/mol. The van der Waals surface area contributed by atoms with Crippen LogP contribution in [0.3, 0.4) is 0 Å². The molecule has 2 rings (SSSR count). The average Bonchev–Trinajstić information content (AvgIpc) is 2.87. The lowest BCUT2D eigenvalue weighted by molar-refractivity contribution is 0.498. The van der Waals surface area contributed by atoms with Gasteiger partial charge in [-0.15, -0.1) is 0 Å². The molecular formula is C17H23NO3S. The summed E-state index contributed by atoms with van der Waals surface area (Å²) >= 11 is 0. The summed E-state index contributed by atoms with van der Waals surface area (Å²) in [6, 6.07) is 7.38. The number of nitrogens with one attached hydrogen (secondary N) is 1. The van der Waals surface area contributed by atoms with Gasteiger partial charge in [-0.3, -0.25) is 0 Å². The zero-order chi connectivity index (χ0) is 16.5. The highest BCUT2D eigenvalue weighted by Gasteiger charge is 2.23. The van der Waals surface area contributed by atoms with E-state index in [-0.39, 0.29) is 12.0 Å². The van der Waals surface area contributed by atoms with Gasteiger partial charge in [-0.05, 0) is 48.1 Å². The molecule has 0 unspecified atom stereocenters. The fraction of sp³-hybridized carbons (Fsp3) is 0.412. The Balaban J connectivity index is 2.35. The van der Waals surface area contributed by atoms with Gasteiger partial charge in [-0.25, -0.2) is 13.1 Å². The van der Waals surface area contributed by atoms with Gasteiger partial charge < -0.3 is 4.42 Å². The third-order valence-electron chi connectivity index (χ3n) is 3.61. The number of rotatable bonds is 4. The molecule has 0 saturated heterocycles. The zero-order valence-electron chi connectivity index (χ0n) is 13.7. The zero-order valence-corrected chi connectivity index (χ0v) is 14.5. The van der Waals surface area contributed by atoms with E-state index in [4.69, 9.17) is 4.42 Å². The normalized spacial score (nSPS) is 12.6. The van der Waals surface area contributed by atoms with Gasteiger partial charge >= 0.3 is 0 Å².